The number of rotatable bonds is 6. The van der Waals surface area contributed by atoms with Crippen LogP contribution in [0, 0.1) is 0 Å². The number of fused-ring (bicyclic) bond motifs is 1. The third kappa shape index (κ3) is 3.68. The summed E-state index contributed by atoms with van der Waals surface area (Å²) in [4.78, 5) is 16.8. The summed E-state index contributed by atoms with van der Waals surface area (Å²) < 4.78 is 2.16. The van der Waals surface area contributed by atoms with E-state index in [4.69, 9.17) is 0 Å². The van der Waals surface area contributed by atoms with E-state index >= 15 is 0 Å². The van der Waals surface area contributed by atoms with Crippen LogP contribution in [-0.2, 0) is 17.8 Å². The van der Waals surface area contributed by atoms with Crippen LogP contribution in [0.3, 0.4) is 0 Å². The number of hydrogen-bond donors (Lipinski definition) is 1. The van der Waals surface area contributed by atoms with Crippen molar-refractivity contribution in [1.82, 2.24) is 14.9 Å². The summed E-state index contributed by atoms with van der Waals surface area (Å²) in [7, 11) is 0. The molecule has 130 valence electrons. The van der Waals surface area contributed by atoms with Crippen LogP contribution in [0.25, 0.3) is 21.5 Å². The third-order valence-electron chi connectivity index (χ3n) is 4.27. The Balaban J connectivity index is 1.31. The lowest BCUT2D eigenvalue weighted by atomic mass is 10.2. The molecule has 2 aromatic heterocycles. The number of carbonyl (C=O) groups excluding carboxylic acids is 1. The molecule has 2 heterocycles. The molecule has 0 aliphatic rings. The van der Waals surface area contributed by atoms with Crippen LogP contribution >= 0.6 is 11.3 Å². The average Bonchev–Trinajstić information content (AvgIpc) is 3.30. The van der Waals surface area contributed by atoms with Crippen LogP contribution in [0.15, 0.2) is 72.2 Å². The van der Waals surface area contributed by atoms with E-state index in [0.717, 1.165) is 22.8 Å². The number of para-hydroxylation sites is 1. The molecule has 0 aliphatic heterocycles. The van der Waals surface area contributed by atoms with E-state index in [1.54, 1.807) is 11.3 Å². The zero-order chi connectivity index (χ0) is 17.8. The van der Waals surface area contributed by atoms with E-state index in [-0.39, 0.29) is 5.91 Å². The minimum atomic E-state index is 0.00590. The van der Waals surface area contributed by atoms with Crippen LogP contribution in [0.5, 0.6) is 0 Å². The summed E-state index contributed by atoms with van der Waals surface area (Å²) >= 11 is 1.57. The molecule has 1 N–H and O–H groups in total. The molecule has 0 unspecified atom stereocenters. The summed E-state index contributed by atoms with van der Waals surface area (Å²) in [5, 5.41) is 7.12. The predicted octanol–water partition coefficient (Wildman–Crippen LogP) is 4.12. The first kappa shape index (κ1) is 16.5. The highest BCUT2D eigenvalue weighted by molar-refractivity contribution is 7.13. The Labute approximate surface area is 156 Å². The van der Waals surface area contributed by atoms with Crippen LogP contribution in [0.4, 0.5) is 0 Å². The average molecular weight is 361 g/mol. The molecule has 4 aromatic rings. The second-order valence-electron chi connectivity index (χ2n) is 6.10. The molecule has 0 saturated heterocycles. The Hall–Kier alpha value is -2.92. The number of nitrogens with one attached hydrogen (secondary N) is 1. The molecule has 0 spiro atoms. The lowest BCUT2D eigenvalue weighted by molar-refractivity contribution is -0.120. The number of thiazole rings is 1. The number of aromatic nitrogens is 2. The Kier molecular flexibility index (Phi) is 4.80. The Morgan fingerprint density at radius 1 is 1.04 bits per heavy atom. The first-order valence-electron chi connectivity index (χ1n) is 8.60. The fourth-order valence-electron chi connectivity index (χ4n) is 2.98. The van der Waals surface area contributed by atoms with Crippen molar-refractivity contribution in [1.29, 1.82) is 0 Å². The van der Waals surface area contributed by atoms with Gasteiger partial charge in [0.25, 0.3) is 0 Å². The van der Waals surface area contributed by atoms with Gasteiger partial charge in [-0.15, -0.1) is 11.3 Å². The molecule has 0 saturated carbocycles. The molecular weight excluding hydrogens is 342 g/mol. The first-order chi connectivity index (χ1) is 12.8. The third-order valence-corrected chi connectivity index (χ3v) is 5.21. The lowest BCUT2D eigenvalue weighted by Gasteiger charge is -2.07. The van der Waals surface area contributed by atoms with Gasteiger partial charge in [-0.25, -0.2) is 4.98 Å². The van der Waals surface area contributed by atoms with Crippen molar-refractivity contribution < 1.29 is 4.79 Å². The van der Waals surface area contributed by atoms with Crippen LogP contribution < -0.4 is 5.32 Å². The Bertz CT molecular complexity index is 1020. The largest absolute Gasteiger partial charge is 0.354 e. The molecule has 0 atom stereocenters. The Morgan fingerprint density at radius 2 is 1.85 bits per heavy atom. The van der Waals surface area contributed by atoms with E-state index in [1.807, 2.05) is 47.8 Å². The van der Waals surface area contributed by atoms with E-state index in [2.05, 4.69) is 39.3 Å². The highest BCUT2D eigenvalue weighted by atomic mass is 32.1. The molecule has 0 bridgehead atoms. The van der Waals surface area contributed by atoms with Gasteiger partial charge in [-0.3, -0.25) is 4.79 Å². The van der Waals surface area contributed by atoms with Gasteiger partial charge >= 0.3 is 0 Å². The van der Waals surface area contributed by atoms with Crippen molar-refractivity contribution in [2.45, 2.75) is 13.0 Å². The fourth-order valence-corrected chi connectivity index (χ4v) is 3.81. The predicted molar refractivity (Wildman–Crippen MR) is 106 cm³/mol. The van der Waals surface area contributed by atoms with Gasteiger partial charge in [0, 0.05) is 35.7 Å². The molecule has 0 radical (unpaired) electrons. The van der Waals surface area contributed by atoms with Gasteiger partial charge in [-0.1, -0.05) is 48.5 Å². The van der Waals surface area contributed by atoms with Gasteiger partial charge in [0.05, 0.1) is 12.1 Å². The molecule has 0 aliphatic carbocycles. The molecule has 26 heavy (non-hydrogen) atoms. The maximum atomic E-state index is 12.2. The topological polar surface area (TPSA) is 46.9 Å². The number of hydrogen-bond acceptors (Lipinski definition) is 3. The van der Waals surface area contributed by atoms with E-state index < -0.39 is 0 Å². The van der Waals surface area contributed by atoms with Crippen molar-refractivity contribution in [3.8, 4) is 10.6 Å². The minimum absolute atomic E-state index is 0.00590. The molecule has 4 nitrogen and oxygen atoms in total. The number of benzene rings is 2. The highest BCUT2D eigenvalue weighted by Crippen LogP contribution is 2.23. The van der Waals surface area contributed by atoms with Crippen molar-refractivity contribution in [2.24, 2.45) is 0 Å². The van der Waals surface area contributed by atoms with E-state index in [1.165, 1.54) is 10.9 Å². The summed E-state index contributed by atoms with van der Waals surface area (Å²) in [6.45, 7) is 1.36. The molecular formula is C21H19N3OS. The SMILES string of the molecule is O=C(Cc1csc(-c2ccccc2)n1)NCCn1ccc2ccccc21. The van der Waals surface area contributed by atoms with Gasteiger partial charge < -0.3 is 9.88 Å². The van der Waals surface area contributed by atoms with Crippen molar-refractivity contribution in [3.63, 3.8) is 0 Å². The smallest absolute Gasteiger partial charge is 0.226 e. The summed E-state index contributed by atoms with van der Waals surface area (Å²) in [6.07, 6.45) is 2.37. The number of carbonyl (C=O) groups is 1. The molecule has 0 fully saturated rings. The molecule has 5 heteroatoms. The van der Waals surface area contributed by atoms with E-state index in [0.29, 0.717) is 13.0 Å². The Morgan fingerprint density at radius 3 is 2.73 bits per heavy atom. The van der Waals surface area contributed by atoms with Gasteiger partial charge in [0.1, 0.15) is 5.01 Å². The first-order valence-corrected chi connectivity index (χ1v) is 9.48. The summed E-state index contributed by atoms with van der Waals surface area (Å²) in [5.74, 6) is 0.00590. The van der Waals surface area contributed by atoms with Gasteiger partial charge in [-0.2, -0.15) is 0 Å². The second kappa shape index (κ2) is 7.54. The van der Waals surface area contributed by atoms with Crippen LogP contribution in [0.2, 0.25) is 0 Å². The number of amides is 1. The van der Waals surface area contributed by atoms with E-state index in [9.17, 15) is 4.79 Å². The standard InChI is InChI=1S/C21H19N3OS/c25-20(14-18-15-26-21(23-18)17-7-2-1-3-8-17)22-11-13-24-12-10-16-6-4-5-9-19(16)24/h1-10,12,15H,11,13-14H2,(H,22,25). The maximum Gasteiger partial charge on any atom is 0.226 e. The van der Waals surface area contributed by atoms with Gasteiger partial charge in [0.15, 0.2) is 0 Å². The second-order valence-corrected chi connectivity index (χ2v) is 6.96. The van der Waals surface area contributed by atoms with Crippen molar-refractivity contribution in [2.75, 3.05) is 6.54 Å². The maximum absolute atomic E-state index is 12.2. The monoisotopic (exact) mass is 361 g/mol. The summed E-state index contributed by atoms with van der Waals surface area (Å²) in [6, 6.07) is 20.4. The minimum Gasteiger partial charge on any atom is -0.354 e. The molecule has 2 aromatic carbocycles. The lowest BCUT2D eigenvalue weighted by Crippen LogP contribution is -2.28. The quantitative estimate of drug-likeness (QED) is 0.561. The fraction of sp³-hybridized carbons (Fsp3) is 0.143. The molecule has 1 amide bonds. The van der Waals surface area contributed by atoms with Gasteiger partial charge in [-0.05, 0) is 17.5 Å². The zero-order valence-corrected chi connectivity index (χ0v) is 15.1. The van der Waals surface area contributed by atoms with Crippen molar-refractivity contribution in [3.05, 3.63) is 77.9 Å². The van der Waals surface area contributed by atoms with Gasteiger partial charge in [0.2, 0.25) is 5.91 Å². The molecule has 4 rings (SSSR count). The normalized spacial score (nSPS) is 10.9. The zero-order valence-electron chi connectivity index (χ0n) is 14.3. The van der Waals surface area contributed by atoms with Crippen LogP contribution in [0.1, 0.15) is 5.69 Å². The van der Waals surface area contributed by atoms with Crippen molar-refractivity contribution >= 4 is 28.1 Å². The highest BCUT2D eigenvalue weighted by Gasteiger charge is 2.09. The number of nitrogens with zero attached hydrogens (tertiary/aromatic N) is 2. The summed E-state index contributed by atoms with van der Waals surface area (Å²) in [5.41, 5.74) is 3.09. The van der Waals surface area contributed by atoms with Crippen LogP contribution in [-0.4, -0.2) is 22.0 Å².